The summed E-state index contributed by atoms with van der Waals surface area (Å²) in [5.74, 6) is 0. The van der Waals surface area contributed by atoms with Gasteiger partial charge >= 0.3 is 0 Å². The molecule has 17 N–H and O–H groups in total. The molecule has 0 spiro atoms. The fourth-order valence-electron chi connectivity index (χ4n) is 11.7. The highest BCUT2D eigenvalue weighted by molar-refractivity contribution is 9.10. The monoisotopic (exact) mass is 1730 g/mol. The minimum atomic E-state index is -2.08. The summed E-state index contributed by atoms with van der Waals surface area (Å²) in [7, 11) is 0. The van der Waals surface area contributed by atoms with Crippen molar-refractivity contribution < 1.29 is 163 Å². The molecule has 33 nitrogen and oxygen atoms in total. The van der Waals surface area contributed by atoms with E-state index in [9.17, 15) is 86.8 Å². The molecule has 30 heterocycles. The Bertz CT molecular complexity index is 1730. The maximum atomic E-state index is 11.6. The zero-order chi connectivity index (χ0) is 64.1. The number of ether oxygens (including phenoxy) is 16. The van der Waals surface area contributed by atoms with Gasteiger partial charge in [-0.15, -0.1) is 0 Å². The van der Waals surface area contributed by atoms with Crippen molar-refractivity contribution in [2.24, 2.45) is 0 Å². The van der Waals surface area contributed by atoms with Gasteiger partial charge in [-0.3, -0.25) is 0 Å². The number of halogens is 7. The first-order valence-electron chi connectivity index (χ1n) is 27.8. The van der Waals surface area contributed by atoms with E-state index in [-0.39, 0.29) is 37.3 Å². The van der Waals surface area contributed by atoms with Crippen LogP contribution in [0.3, 0.4) is 0 Å². The van der Waals surface area contributed by atoms with Crippen molar-refractivity contribution in [2.75, 3.05) is 43.9 Å². The molecule has 0 aromatic rings. The first kappa shape index (κ1) is 74.3. The Morgan fingerprint density at radius 2 is 0.284 bits per heavy atom. The molecule has 0 aliphatic carbocycles. The van der Waals surface area contributed by atoms with Crippen LogP contribution in [-0.2, 0) is 75.8 Å². The van der Waals surface area contributed by atoms with Crippen molar-refractivity contribution in [3.8, 4) is 0 Å². The average molecular weight is 1740 g/mol. The second kappa shape index (κ2) is 32.4. The summed E-state index contributed by atoms with van der Waals surface area (Å²) in [5.41, 5.74) is 0. The molecular formula is C48H73Br7O33. The highest BCUT2D eigenvalue weighted by Gasteiger charge is 2.60. The molecule has 30 fully saturated rings. The molecule has 0 radical (unpaired) electrons. The number of alkyl halides is 7. The summed E-state index contributed by atoms with van der Waals surface area (Å²) in [6, 6.07) is 0. The van der Waals surface area contributed by atoms with E-state index in [1.54, 1.807) is 0 Å². The van der Waals surface area contributed by atoms with Gasteiger partial charge in [0.05, 0.1) is 49.3 Å². The standard InChI is InChI=1S/C48H73Br7O33/c49-1-9-33-17(57)25(65)41(73-9)82-34-10(2-50)75-43(27(67)19(34)59)84-36-12(4-52)77-45(29(69)21(36)61)86-38-14(6-54)79-47(31(71)23(38)63)88-40-16(8-56)80-48(32(72)24(40)64)87-39-15(7-55)78-46(30(70)22(39)62)85-37-13(5-53)76-44(28(68)20(37)60)83-35-11(3-51)74-42(81-33)26(66)18(35)58/h9-48,56-72H,1-8H2/t9-,10-,11-,12-,13-,14-,15-,16-,17-,18-,19-,20-,21-,22-,23-,24-,25-,26-,27-,28-,29-,30-,31-,32-,33-,34-,35-,36-,37-,38-,39-,40-,41-,42-,43-,44-,45-,46-,47-,48-/m1/s1. The van der Waals surface area contributed by atoms with Gasteiger partial charge in [0.25, 0.3) is 0 Å². The number of aliphatic hydroxyl groups is 17. The van der Waals surface area contributed by atoms with Crippen LogP contribution in [0.4, 0.5) is 0 Å². The summed E-state index contributed by atoms with van der Waals surface area (Å²) in [5, 5.41) is 194. The fourth-order valence-corrected chi connectivity index (χ4v) is 15.4. The lowest BCUT2D eigenvalue weighted by Crippen LogP contribution is -2.68. The molecule has 88 heavy (non-hydrogen) atoms. The van der Waals surface area contributed by atoms with Crippen molar-refractivity contribution in [1.82, 2.24) is 0 Å². The van der Waals surface area contributed by atoms with E-state index in [2.05, 4.69) is 112 Å². The molecule has 512 valence electrons. The Hall–Kier alpha value is 2.04. The van der Waals surface area contributed by atoms with Crippen molar-refractivity contribution in [3.63, 3.8) is 0 Å². The molecule has 40 heteroatoms. The lowest BCUT2D eigenvalue weighted by Gasteiger charge is -2.50. The maximum Gasteiger partial charge on any atom is 0.187 e. The van der Waals surface area contributed by atoms with Crippen molar-refractivity contribution >= 4 is 112 Å². The summed E-state index contributed by atoms with van der Waals surface area (Å²) in [6.45, 7) is -0.943. The molecule has 0 unspecified atom stereocenters. The molecule has 0 amide bonds. The fraction of sp³-hybridized carbons (Fsp3) is 1.00. The van der Waals surface area contributed by atoms with Crippen molar-refractivity contribution in [2.45, 2.75) is 246 Å². The molecular weight excluding hydrogens is 1660 g/mol. The van der Waals surface area contributed by atoms with E-state index in [0.29, 0.717) is 0 Å². The van der Waals surface area contributed by atoms with Gasteiger partial charge in [-0.25, -0.2) is 0 Å². The third-order valence-corrected chi connectivity index (χ3v) is 21.2. The summed E-state index contributed by atoms with van der Waals surface area (Å²) < 4.78 is 95.9. The molecule has 0 aromatic heterocycles. The van der Waals surface area contributed by atoms with Crippen LogP contribution in [0.15, 0.2) is 0 Å². The zero-order valence-electron chi connectivity index (χ0n) is 45.5. The normalized spacial score (nSPS) is 55.4. The van der Waals surface area contributed by atoms with Gasteiger partial charge in [0.2, 0.25) is 0 Å². The second-order valence-corrected chi connectivity index (χ2v) is 26.8. The van der Waals surface area contributed by atoms with Gasteiger partial charge in [-0.1, -0.05) is 112 Å². The number of rotatable bonds is 8. The van der Waals surface area contributed by atoms with Gasteiger partial charge < -0.3 is 163 Å². The topological polar surface area (TPSA) is 492 Å². The van der Waals surface area contributed by atoms with Gasteiger partial charge in [-0.2, -0.15) is 0 Å². The smallest absolute Gasteiger partial charge is 0.187 e. The minimum Gasteiger partial charge on any atom is -0.394 e. The first-order chi connectivity index (χ1) is 41.9. The van der Waals surface area contributed by atoms with Crippen LogP contribution in [0.5, 0.6) is 0 Å². The molecule has 0 saturated carbocycles. The predicted molar refractivity (Wildman–Crippen MR) is 308 cm³/mol. The number of hydrogen-bond donors (Lipinski definition) is 17. The minimum absolute atomic E-state index is 0.136. The van der Waals surface area contributed by atoms with E-state index in [1.807, 2.05) is 0 Å². The Labute approximate surface area is 559 Å². The summed E-state index contributed by atoms with van der Waals surface area (Å²) in [4.78, 5) is 0. The quantitative estimate of drug-likeness (QED) is 0.100. The van der Waals surface area contributed by atoms with Gasteiger partial charge in [0.15, 0.2) is 50.3 Å². The average Bonchev–Trinajstić information content (AvgIpc) is 1.09. The molecule has 40 atom stereocenters. The van der Waals surface area contributed by atoms with E-state index in [1.165, 1.54) is 0 Å². The molecule has 30 aliphatic heterocycles. The van der Waals surface area contributed by atoms with Crippen molar-refractivity contribution in [1.29, 1.82) is 0 Å². The van der Waals surface area contributed by atoms with Gasteiger partial charge in [-0.05, 0) is 0 Å². The zero-order valence-corrected chi connectivity index (χ0v) is 56.6. The Morgan fingerprint density at radius 3 is 0.398 bits per heavy atom. The molecule has 30 rings (SSSR count). The lowest BCUT2D eigenvalue weighted by molar-refractivity contribution is -0.397. The molecule has 30 saturated heterocycles. The van der Waals surface area contributed by atoms with Crippen LogP contribution in [0, 0.1) is 0 Å². The van der Waals surface area contributed by atoms with E-state index in [4.69, 9.17) is 75.8 Å². The second-order valence-electron chi connectivity index (χ2n) is 22.3. The predicted octanol–water partition coefficient (Wildman–Crippen LogP) is -7.59. The van der Waals surface area contributed by atoms with E-state index < -0.39 is 252 Å². The van der Waals surface area contributed by atoms with Crippen LogP contribution in [0.1, 0.15) is 0 Å². The van der Waals surface area contributed by atoms with E-state index in [0.717, 1.165) is 0 Å². The van der Waals surface area contributed by atoms with Gasteiger partial charge in [0.1, 0.15) is 153 Å². The third kappa shape index (κ3) is 15.1. The van der Waals surface area contributed by atoms with E-state index >= 15 is 0 Å². The van der Waals surface area contributed by atoms with Crippen LogP contribution >= 0.6 is 112 Å². The van der Waals surface area contributed by atoms with Crippen molar-refractivity contribution in [3.05, 3.63) is 0 Å². The Balaban J connectivity index is 0.975. The summed E-state index contributed by atoms with van der Waals surface area (Å²) >= 11 is 23.0. The molecule has 30 aliphatic rings. The third-order valence-electron chi connectivity index (χ3n) is 16.7. The highest BCUT2D eigenvalue weighted by Crippen LogP contribution is 2.41. The number of aliphatic hydroxyl groups excluding tert-OH is 17. The molecule has 0 aromatic carbocycles. The lowest BCUT2D eigenvalue weighted by atomic mass is 9.95. The maximum absolute atomic E-state index is 11.6. The Morgan fingerprint density at radius 1 is 0.170 bits per heavy atom. The van der Waals surface area contributed by atoms with Crippen LogP contribution in [0.2, 0.25) is 0 Å². The van der Waals surface area contributed by atoms with Crippen LogP contribution in [0.25, 0.3) is 0 Å². The Kier molecular flexibility index (Phi) is 27.3. The largest absolute Gasteiger partial charge is 0.394 e. The first-order valence-corrected chi connectivity index (χ1v) is 35.6. The van der Waals surface area contributed by atoms with Crippen LogP contribution < -0.4 is 0 Å². The molecule has 16 bridgehead atoms. The van der Waals surface area contributed by atoms with Gasteiger partial charge in [0, 0.05) is 37.3 Å². The highest BCUT2D eigenvalue weighted by atomic mass is 79.9. The van der Waals surface area contributed by atoms with Crippen LogP contribution in [-0.4, -0.2) is 376 Å². The number of hydrogen-bond acceptors (Lipinski definition) is 33. The summed E-state index contributed by atoms with van der Waals surface area (Å²) in [6.07, 6.45) is -69.5. The SMILES string of the molecule is OC[C@H]1O[C@@H]2O[C@H]3[C@H](O)[C@@H](O)[C@@H](O[C@H]4[C@H](O)[C@@H](O)[C@@H](O[C@H]5[C@H](O)[C@@H](O)[C@@H](O[C@H]6[C@H](O)[C@@H](O)[C@@H](O[C@H]7[C@H](O)[C@@H](O)[C@@H](O[C@H]8[C@H](O)[C@@H](O)[C@@H](O[C@H]9[C@H](O)[C@@H](O)[C@@H](O[C@H]1[C@H](O)[C@H]2O)O[C@@H]9CBr)O[C@@H]8CBr)O[C@@H]7CBr)O[C@@H]6CBr)O[C@@H]5CBr)O[C@@H]4CBr)O[C@@H]3CBr.